The van der Waals surface area contributed by atoms with Crippen LogP contribution in [0, 0.1) is 13.8 Å². The molecule has 0 fully saturated rings. The highest BCUT2D eigenvalue weighted by atomic mass is 16.5. The Hall–Kier alpha value is -1.35. The molecule has 1 N–H and O–H groups in total. The fraction of sp³-hybridized carbons (Fsp3) is 0.500. The number of aryl methyl sites for hydroxylation is 2. The maximum atomic E-state index is 11.4. The second-order valence-corrected chi connectivity index (χ2v) is 5.25. The van der Waals surface area contributed by atoms with Crippen LogP contribution in [0.2, 0.25) is 0 Å². The lowest BCUT2D eigenvalue weighted by atomic mass is 9.97. The first-order valence-corrected chi connectivity index (χ1v) is 5.69. The predicted octanol–water partition coefficient (Wildman–Crippen LogP) is 3.24. The van der Waals surface area contributed by atoms with Crippen molar-refractivity contribution in [3.05, 3.63) is 34.9 Å². The molecule has 0 spiro atoms. The zero-order valence-corrected chi connectivity index (χ0v) is 11.1. The minimum Gasteiger partial charge on any atom is -0.479 e. The number of carboxylic acids is 1. The lowest BCUT2D eigenvalue weighted by Gasteiger charge is -2.27. The van der Waals surface area contributed by atoms with Crippen molar-refractivity contribution in [2.24, 2.45) is 0 Å². The molecule has 17 heavy (non-hydrogen) atoms. The zero-order chi connectivity index (χ0) is 13.2. The minimum atomic E-state index is -0.947. The summed E-state index contributed by atoms with van der Waals surface area (Å²) in [5.41, 5.74) is 2.16. The van der Waals surface area contributed by atoms with Gasteiger partial charge in [-0.1, -0.05) is 18.2 Å². The van der Waals surface area contributed by atoms with E-state index in [0.717, 1.165) is 16.7 Å². The molecule has 0 aliphatic heterocycles. The molecule has 1 aromatic carbocycles. The highest BCUT2D eigenvalue weighted by Crippen LogP contribution is 2.29. The van der Waals surface area contributed by atoms with Crippen LogP contribution in [0.4, 0.5) is 0 Å². The quantitative estimate of drug-likeness (QED) is 0.876. The van der Waals surface area contributed by atoms with Crippen molar-refractivity contribution < 1.29 is 14.6 Å². The van der Waals surface area contributed by atoms with Gasteiger partial charge in [-0.3, -0.25) is 0 Å². The van der Waals surface area contributed by atoms with E-state index < -0.39 is 17.7 Å². The molecule has 0 saturated carbocycles. The topological polar surface area (TPSA) is 46.5 Å². The first-order chi connectivity index (χ1) is 7.72. The van der Waals surface area contributed by atoms with Gasteiger partial charge >= 0.3 is 5.97 Å². The van der Waals surface area contributed by atoms with E-state index in [9.17, 15) is 9.90 Å². The molecule has 0 radical (unpaired) electrons. The molecule has 0 aromatic heterocycles. The average molecular weight is 236 g/mol. The van der Waals surface area contributed by atoms with Crippen LogP contribution in [0.3, 0.4) is 0 Å². The smallest absolute Gasteiger partial charge is 0.337 e. The van der Waals surface area contributed by atoms with E-state index >= 15 is 0 Å². The molecule has 0 heterocycles. The van der Waals surface area contributed by atoms with Gasteiger partial charge in [0, 0.05) is 0 Å². The van der Waals surface area contributed by atoms with Crippen molar-refractivity contribution in [3.63, 3.8) is 0 Å². The summed E-state index contributed by atoms with van der Waals surface area (Å²) in [5, 5.41) is 9.31. The van der Waals surface area contributed by atoms with Crippen molar-refractivity contribution in [1.29, 1.82) is 0 Å². The first-order valence-electron chi connectivity index (χ1n) is 5.69. The summed E-state index contributed by atoms with van der Waals surface area (Å²) in [7, 11) is 0. The van der Waals surface area contributed by atoms with Crippen LogP contribution in [0.25, 0.3) is 0 Å². The van der Waals surface area contributed by atoms with Crippen LogP contribution in [0.1, 0.15) is 43.6 Å². The van der Waals surface area contributed by atoms with Gasteiger partial charge in [0.15, 0.2) is 6.10 Å². The number of aliphatic carboxylic acids is 1. The van der Waals surface area contributed by atoms with Gasteiger partial charge in [-0.25, -0.2) is 4.79 Å². The summed E-state index contributed by atoms with van der Waals surface area (Å²) < 4.78 is 5.65. The van der Waals surface area contributed by atoms with Gasteiger partial charge in [-0.15, -0.1) is 0 Å². The second kappa shape index (κ2) is 4.88. The van der Waals surface area contributed by atoms with Crippen molar-refractivity contribution in [2.45, 2.75) is 46.3 Å². The Morgan fingerprint density at radius 1 is 1.24 bits per heavy atom. The van der Waals surface area contributed by atoms with Crippen LogP contribution in [0.15, 0.2) is 18.2 Å². The molecule has 0 aliphatic carbocycles. The van der Waals surface area contributed by atoms with E-state index in [1.807, 2.05) is 52.8 Å². The third kappa shape index (κ3) is 3.56. The monoisotopic (exact) mass is 236 g/mol. The number of hydrogen-bond donors (Lipinski definition) is 1. The molecule has 0 amide bonds. The summed E-state index contributed by atoms with van der Waals surface area (Å²) >= 11 is 0. The van der Waals surface area contributed by atoms with E-state index in [1.165, 1.54) is 0 Å². The van der Waals surface area contributed by atoms with Crippen molar-refractivity contribution in [3.8, 4) is 0 Å². The molecule has 94 valence electrons. The molecule has 1 atom stereocenters. The number of ether oxygens (including phenoxy) is 1. The van der Waals surface area contributed by atoms with Crippen LogP contribution in [0.5, 0.6) is 0 Å². The van der Waals surface area contributed by atoms with Crippen molar-refractivity contribution in [2.75, 3.05) is 0 Å². The van der Waals surface area contributed by atoms with Crippen LogP contribution in [-0.2, 0) is 9.53 Å². The van der Waals surface area contributed by atoms with Gasteiger partial charge in [-0.2, -0.15) is 0 Å². The van der Waals surface area contributed by atoms with Gasteiger partial charge < -0.3 is 9.84 Å². The molecule has 1 rings (SSSR count). The lowest BCUT2D eigenvalue weighted by molar-refractivity contribution is -0.160. The van der Waals surface area contributed by atoms with Crippen molar-refractivity contribution in [1.82, 2.24) is 0 Å². The molecular weight excluding hydrogens is 216 g/mol. The Bertz CT molecular complexity index is 396. The Morgan fingerprint density at radius 3 is 2.06 bits per heavy atom. The van der Waals surface area contributed by atoms with Gasteiger partial charge in [0.1, 0.15) is 0 Å². The molecule has 0 aliphatic rings. The van der Waals surface area contributed by atoms with Crippen LogP contribution >= 0.6 is 0 Å². The zero-order valence-electron chi connectivity index (χ0n) is 11.1. The fourth-order valence-corrected chi connectivity index (χ4v) is 1.83. The van der Waals surface area contributed by atoms with Crippen LogP contribution in [-0.4, -0.2) is 16.7 Å². The predicted molar refractivity (Wildman–Crippen MR) is 67.1 cm³/mol. The summed E-state index contributed by atoms with van der Waals surface area (Å²) in [6, 6.07) is 5.73. The Morgan fingerprint density at radius 2 is 1.71 bits per heavy atom. The lowest BCUT2D eigenvalue weighted by Crippen LogP contribution is -2.28. The molecule has 1 unspecified atom stereocenters. The van der Waals surface area contributed by atoms with Crippen LogP contribution < -0.4 is 0 Å². The van der Waals surface area contributed by atoms with E-state index in [2.05, 4.69) is 0 Å². The number of carboxylic acid groups (broad SMARTS) is 1. The van der Waals surface area contributed by atoms with E-state index in [0.29, 0.717) is 0 Å². The van der Waals surface area contributed by atoms with Gasteiger partial charge in [0.25, 0.3) is 0 Å². The van der Waals surface area contributed by atoms with Gasteiger partial charge in [0.2, 0.25) is 0 Å². The molecule has 0 bridgehead atoms. The Labute approximate surface area is 102 Å². The second-order valence-electron chi connectivity index (χ2n) is 5.25. The van der Waals surface area contributed by atoms with Crippen molar-refractivity contribution >= 4 is 5.97 Å². The molecule has 3 heteroatoms. The maximum Gasteiger partial charge on any atom is 0.337 e. The SMILES string of the molecule is Cc1cccc(C)c1C(OC(C)(C)C)C(=O)O. The molecule has 3 nitrogen and oxygen atoms in total. The molecule has 0 saturated heterocycles. The minimum absolute atomic E-state index is 0.488. The van der Waals surface area contributed by atoms with Gasteiger partial charge in [0.05, 0.1) is 5.60 Å². The van der Waals surface area contributed by atoms with Gasteiger partial charge in [-0.05, 0) is 51.3 Å². The molecular formula is C14H20O3. The third-order valence-corrected chi connectivity index (χ3v) is 2.50. The Balaban J connectivity index is 3.19. The molecule has 1 aromatic rings. The fourth-order valence-electron chi connectivity index (χ4n) is 1.83. The highest BCUT2D eigenvalue weighted by molar-refractivity contribution is 5.75. The van der Waals surface area contributed by atoms with E-state index in [-0.39, 0.29) is 0 Å². The number of hydrogen-bond acceptors (Lipinski definition) is 2. The maximum absolute atomic E-state index is 11.4. The van der Waals surface area contributed by atoms with E-state index in [1.54, 1.807) is 0 Å². The highest BCUT2D eigenvalue weighted by Gasteiger charge is 2.28. The summed E-state index contributed by atoms with van der Waals surface area (Å²) in [5.74, 6) is -0.947. The Kier molecular flexibility index (Phi) is 3.94. The summed E-state index contributed by atoms with van der Waals surface area (Å²) in [4.78, 5) is 11.4. The average Bonchev–Trinajstić information content (AvgIpc) is 2.13. The third-order valence-electron chi connectivity index (χ3n) is 2.50. The summed E-state index contributed by atoms with van der Waals surface area (Å²) in [6.07, 6.45) is -0.906. The number of carbonyl (C=O) groups is 1. The summed E-state index contributed by atoms with van der Waals surface area (Å²) in [6.45, 7) is 9.39. The number of rotatable bonds is 3. The largest absolute Gasteiger partial charge is 0.479 e. The number of benzene rings is 1. The van der Waals surface area contributed by atoms with E-state index in [4.69, 9.17) is 4.74 Å². The first kappa shape index (κ1) is 13.7. The standard InChI is InChI=1S/C14H20O3/c1-9-7-6-8-10(2)11(9)12(13(15)16)17-14(3,4)5/h6-8,12H,1-5H3,(H,15,16). The normalized spacial score (nSPS) is 13.5.